The molecule has 2 rings (SSSR count). The molecule has 25 heavy (non-hydrogen) atoms. The zero-order chi connectivity index (χ0) is 18.4. The molecule has 1 aromatic rings. The van der Waals surface area contributed by atoms with E-state index in [0.717, 1.165) is 11.1 Å². The monoisotopic (exact) mass is 344 g/mol. The number of hydrogen-bond donors (Lipinski definition) is 2. The number of hydrogen-bond acceptors (Lipinski definition) is 3. The number of ether oxygens (including phenoxy) is 1. The van der Waals surface area contributed by atoms with Gasteiger partial charge in [0.25, 0.3) is 5.91 Å². The Bertz CT molecular complexity index is 629. The van der Waals surface area contributed by atoms with Crippen molar-refractivity contribution in [2.24, 2.45) is 10.7 Å². The van der Waals surface area contributed by atoms with E-state index in [0.29, 0.717) is 37.7 Å². The van der Waals surface area contributed by atoms with Crippen LogP contribution in [0, 0.1) is 0 Å². The van der Waals surface area contributed by atoms with Crippen LogP contribution in [0.25, 0.3) is 0 Å². The first kappa shape index (κ1) is 19.0. The molecule has 0 saturated carbocycles. The van der Waals surface area contributed by atoms with Crippen LogP contribution >= 0.6 is 0 Å². The predicted octanol–water partition coefficient (Wildman–Crippen LogP) is 1.92. The first-order chi connectivity index (χ1) is 11.8. The molecule has 1 fully saturated rings. The number of benzene rings is 1. The quantitative estimate of drug-likeness (QED) is 0.486. The highest BCUT2D eigenvalue weighted by atomic mass is 16.5. The van der Waals surface area contributed by atoms with Crippen molar-refractivity contribution in [2.45, 2.75) is 39.5 Å². The molecule has 136 valence electrons. The Morgan fingerprint density at radius 3 is 2.48 bits per heavy atom. The number of nitrogens with zero attached hydrogens (tertiary/aromatic N) is 2. The summed E-state index contributed by atoms with van der Waals surface area (Å²) < 4.78 is 5.68. The molecule has 6 heteroatoms. The Morgan fingerprint density at radius 1 is 1.32 bits per heavy atom. The van der Waals surface area contributed by atoms with Crippen molar-refractivity contribution >= 4 is 11.9 Å². The summed E-state index contributed by atoms with van der Waals surface area (Å²) in [5.41, 5.74) is 8.47. The molecule has 2 unspecified atom stereocenters. The van der Waals surface area contributed by atoms with Crippen LogP contribution in [-0.2, 0) is 11.3 Å². The van der Waals surface area contributed by atoms with Crippen molar-refractivity contribution in [2.75, 3.05) is 19.6 Å². The van der Waals surface area contributed by atoms with Crippen LogP contribution in [0.5, 0.6) is 0 Å². The molecule has 0 aliphatic carbocycles. The number of carbonyl (C=O) groups is 1. The minimum atomic E-state index is 0.0414. The minimum absolute atomic E-state index is 0.0414. The number of carbonyl (C=O) groups excluding carboxylic acids is 1. The first-order valence-corrected chi connectivity index (χ1v) is 8.57. The Balaban J connectivity index is 1.94. The zero-order valence-electron chi connectivity index (χ0n) is 15.3. The number of amides is 1. The molecule has 1 aliphatic rings. The van der Waals surface area contributed by atoms with E-state index in [1.807, 2.05) is 49.9 Å². The van der Waals surface area contributed by atoms with Crippen LogP contribution in [0.1, 0.15) is 36.7 Å². The third-order valence-corrected chi connectivity index (χ3v) is 3.91. The minimum Gasteiger partial charge on any atom is -0.372 e. The SMILES string of the molecule is C=C(C)CNC(N)=NCc1ccc(C(=O)N2CC(C)OC(C)C2)cc1. The summed E-state index contributed by atoms with van der Waals surface area (Å²) in [5.74, 6) is 0.430. The standard InChI is InChI=1S/C19H28N4O2/c1-13(2)9-21-19(20)22-10-16-5-7-17(8-6-16)18(24)23-11-14(3)25-15(4)12-23/h5-8,14-15H,1,9-12H2,2-4H3,(H3,20,21,22). The normalized spacial score (nSPS) is 21.1. The van der Waals surface area contributed by atoms with Gasteiger partial charge in [0.05, 0.1) is 18.8 Å². The Labute approximate surface area is 149 Å². The number of aliphatic imine (C=N–C) groups is 1. The van der Waals surface area contributed by atoms with Crippen LogP contribution in [0.3, 0.4) is 0 Å². The molecule has 1 aliphatic heterocycles. The summed E-state index contributed by atoms with van der Waals surface area (Å²) in [5, 5.41) is 2.99. The Hall–Kier alpha value is -2.34. The maximum absolute atomic E-state index is 12.6. The average Bonchev–Trinajstić information content (AvgIpc) is 2.57. The van der Waals surface area contributed by atoms with Gasteiger partial charge in [0, 0.05) is 25.2 Å². The maximum Gasteiger partial charge on any atom is 0.254 e. The fourth-order valence-electron chi connectivity index (χ4n) is 2.75. The van der Waals surface area contributed by atoms with Gasteiger partial charge in [-0.15, -0.1) is 0 Å². The van der Waals surface area contributed by atoms with Gasteiger partial charge in [0.2, 0.25) is 0 Å². The van der Waals surface area contributed by atoms with E-state index >= 15 is 0 Å². The second kappa shape index (κ2) is 8.67. The molecule has 6 nitrogen and oxygen atoms in total. The topological polar surface area (TPSA) is 79.9 Å². The number of nitrogens with one attached hydrogen (secondary N) is 1. The van der Waals surface area contributed by atoms with Gasteiger partial charge in [-0.25, -0.2) is 4.99 Å². The van der Waals surface area contributed by atoms with Crippen LogP contribution in [0.2, 0.25) is 0 Å². The Morgan fingerprint density at radius 2 is 1.92 bits per heavy atom. The van der Waals surface area contributed by atoms with Crippen LogP contribution in [0.4, 0.5) is 0 Å². The molecular formula is C19H28N4O2. The first-order valence-electron chi connectivity index (χ1n) is 8.57. The smallest absolute Gasteiger partial charge is 0.254 e. The van der Waals surface area contributed by atoms with E-state index < -0.39 is 0 Å². The molecule has 1 heterocycles. The van der Waals surface area contributed by atoms with Crippen molar-refractivity contribution in [3.8, 4) is 0 Å². The summed E-state index contributed by atoms with van der Waals surface area (Å²) >= 11 is 0. The van der Waals surface area contributed by atoms with E-state index in [4.69, 9.17) is 10.5 Å². The van der Waals surface area contributed by atoms with E-state index in [1.165, 1.54) is 0 Å². The van der Waals surface area contributed by atoms with Crippen LogP contribution in [0.15, 0.2) is 41.4 Å². The molecule has 0 radical (unpaired) electrons. The summed E-state index contributed by atoms with van der Waals surface area (Å²) in [4.78, 5) is 18.8. The summed E-state index contributed by atoms with van der Waals surface area (Å²) in [6, 6.07) is 7.51. The molecule has 0 bridgehead atoms. The molecule has 2 atom stereocenters. The van der Waals surface area contributed by atoms with Crippen LogP contribution in [-0.4, -0.2) is 48.6 Å². The third-order valence-electron chi connectivity index (χ3n) is 3.91. The predicted molar refractivity (Wildman–Crippen MR) is 100 cm³/mol. The fourth-order valence-corrected chi connectivity index (χ4v) is 2.75. The lowest BCUT2D eigenvalue weighted by molar-refractivity contribution is -0.0586. The average molecular weight is 344 g/mol. The van der Waals surface area contributed by atoms with Crippen molar-refractivity contribution in [1.82, 2.24) is 10.2 Å². The largest absolute Gasteiger partial charge is 0.372 e. The van der Waals surface area contributed by atoms with Crippen molar-refractivity contribution < 1.29 is 9.53 Å². The van der Waals surface area contributed by atoms with Crippen LogP contribution < -0.4 is 11.1 Å². The molecule has 1 aromatic carbocycles. The number of guanidine groups is 1. The van der Waals surface area contributed by atoms with Gasteiger partial charge < -0.3 is 20.7 Å². The molecule has 1 saturated heterocycles. The van der Waals surface area contributed by atoms with E-state index in [-0.39, 0.29) is 18.1 Å². The maximum atomic E-state index is 12.6. The van der Waals surface area contributed by atoms with Gasteiger partial charge in [-0.2, -0.15) is 0 Å². The summed E-state index contributed by atoms with van der Waals surface area (Å²) in [7, 11) is 0. The summed E-state index contributed by atoms with van der Waals surface area (Å²) in [6.45, 7) is 12.0. The van der Waals surface area contributed by atoms with Gasteiger partial charge in [0.15, 0.2) is 5.96 Å². The van der Waals surface area contributed by atoms with Crippen molar-refractivity contribution in [3.63, 3.8) is 0 Å². The molecule has 0 aromatic heterocycles. The van der Waals surface area contributed by atoms with Gasteiger partial charge >= 0.3 is 0 Å². The highest BCUT2D eigenvalue weighted by molar-refractivity contribution is 5.94. The zero-order valence-corrected chi connectivity index (χ0v) is 15.3. The fraction of sp³-hybridized carbons (Fsp3) is 0.474. The molecular weight excluding hydrogens is 316 g/mol. The third kappa shape index (κ3) is 5.90. The number of morpholine rings is 1. The highest BCUT2D eigenvalue weighted by Crippen LogP contribution is 2.15. The van der Waals surface area contributed by atoms with Gasteiger partial charge in [0.1, 0.15) is 0 Å². The second-order valence-electron chi connectivity index (χ2n) is 6.68. The van der Waals surface area contributed by atoms with E-state index in [2.05, 4.69) is 16.9 Å². The highest BCUT2D eigenvalue weighted by Gasteiger charge is 2.26. The lowest BCUT2D eigenvalue weighted by Crippen LogP contribution is -2.48. The van der Waals surface area contributed by atoms with Crippen molar-refractivity contribution in [1.29, 1.82) is 0 Å². The molecule has 3 N–H and O–H groups in total. The lowest BCUT2D eigenvalue weighted by Gasteiger charge is -2.35. The summed E-state index contributed by atoms with van der Waals surface area (Å²) in [6.07, 6.45) is 0.131. The number of nitrogens with two attached hydrogens (primary N) is 1. The lowest BCUT2D eigenvalue weighted by atomic mass is 10.1. The van der Waals surface area contributed by atoms with Gasteiger partial charge in [-0.1, -0.05) is 24.3 Å². The second-order valence-corrected chi connectivity index (χ2v) is 6.68. The van der Waals surface area contributed by atoms with Gasteiger partial charge in [-0.3, -0.25) is 4.79 Å². The van der Waals surface area contributed by atoms with Gasteiger partial charge in [-0.05, 0) is 38.5 Å². The number of rotatable bonds is 5. The van der Waals surface area contributed by atoms with E-state index in [1.54, 1.807) is 0 Å². The van der Waals surface area contributed by atoms with Crippen molar-refractivity contribution in [3.05, 3.63) is 47.5 Å². The Kier molecular flexibility index (Phi) is 6.58. The molecule has 0 spiro atoms. The van der Waals surface area contributed by atoms with E-state index in [9.17, 15) is 4.79 Å². The molecule has 1 amide bonds.